The van der Waals surface area contributed by atoms with Gasteiger partial charge in [0.25, 0.3) is 5.91 Å². The molecule has 0 bridgehead atoms. The molecule has 1 aromatic carbocycles. The predicted molar refractivity (Wildman–Crippen MR) is 100 cm³/mol. The topological polar surface area (TPSA) is 98.7 Å². The van der Waals surface area contributed by atoms with Crippen LogP contribution < -0.4 is 9.47 Å². The number of para-hydroxylation sites is 2. The first kappa shape index (κ1) is 19.6. The quantitative estimate of drug-likeness (QED) is 0.714. The van der Waals surface area contributed by atoms with Crippen molar-refractivity contribution in [1.82, 2.24) is 14.5 Å². The minimum Gasteiger partial charge on any atom is -0.493 e. The highest BCUT2D eigenvalue weighted by Crippen LogP contribution is 2.32. The van der Waals surface area contributed by atoms with Crippen LogP contribution in [0.15, 0.2) is 28.5 Å². The lowest BCUT2D eigenvalue weighted by Crippen LogP contribution is -2.41. The molecule has 0 aliphatic carbocycles. The van der Waals surface area contributed by atoms with Gasteiger partial charge in [-0.05, 0) is 25.0 Å². The summed E-state index contributed by atoms with van der Waals surface area (Å²) in [6, 6.07) is 7.13. The molecule has 1 aromatic heterocycles. The fourth-order valence-electron chi connectivity index (χ4n) is 3.09. The van der Waals surface area contributed by atoms with Gasteiger partial charge in [0, 0.05) is 36.8 Å². The number of piperidine rings is 1. The smallest absolute Gasteiger partial charge is 0.260 e. The Morgan fingerprint density at radius 2 is 2.07 bits per heavy atom. The molecule has 8 nitrogen and oxygen atoms in total. The Morgan fingerprint density at radius 3 is 2.78 bits per heavy atom. The third-order valence-electron chi connectivity index (χ3n) is 4.40. The normalized spacial score (nSPS) is 17.6. The molecule has 1 fully saturated rings. The molecular formula is C17H21N3O5S2. The monoisotopic (exact) mass is 411 g/mol. The van der Waals surface area contributed by atoms with Gasteiger partial charge >= 0.3 is 0 Å². The highest BCUT2D eigenvalue weighted by atomic mass is 32.2. The Morgan fingerprint density at radius 1 is 1.33 bits per heavy atom. The van der Waals surface area contributed by atoms with E-state index >= 15 is 0 Å². The molecule has 0 spiro atoms. The first-order valence-corrected chi connectivity index (χ1v) is 11.1. The number of carbonyl (C=O) groups is 1. The van der Waals surface area contributed by atoms with Crippen LogP contribution >= 0.6 is 11.5 Å². The van der Waals surface area contributed by atoms with Crippen molar-refractivity contribution < 1.29 is 22.7 Å². The second kappa shape index (κ2) is 8.22. The zero-order valence-corrected chi connectivity index (χ0v) is 16.8. The zero-order chi connectivity index (χ0) is 19.4. The molecular weight excluding hydrogens is 390 g/mol. The molecule has 0 saturated carbocycles. The van der Waals surface area contributed by atoms with Crippen molar-refractivity contribution in [3.8, 4) is 11.5 Å². The molecule has 146 valence electrons. The van der Waals surface area contributed by atoms with Crippen LogP contribution in [0.25, 0.3) is 0 Å². The van der Waals surface area contributed by atoms with Crippen LogP contribution in [0.5, 0.6) is 11.5 Å². The lowest BCUT2D eigenvalue weighted by molar-refractivity contribution is -0.134. The summed E-state index contributed by atoms with van der Waals surface area (Å²) in [7, 11) is -1.84. The summed E-state index contributed by atoms with van der Waals surface area (Å²) in [5.41, 5.74) is 0.464. The minimum absolute atomic E-state index is 0.110. The molecule has 1 aliphatic rings. The van der Waals surface area contributed by atoms with Crippen LogP contribution in [0.2, 0.25) is 0 Å². The van der Waals surface area contributed by atoms with Crippen molar-refractivity contribution in [1.29, 1.82) is 0 Å². The number of amides is 1. The van der Waals surface area contributed by atoms with Gasteiger partial charge in [-0.25, -0.2) is 8.42 Å². The predicted octanol–water partition coefficient (Wildman–Crippen LogP) is 1.74. The van der Waals surface area contributed by atoms with Crippen LogP contribution in [-0.2, 0) is 14.6 Å². The number of hydrogen-bond acceptors (Lipinski definition) is 8. The van der Waals surface area contributed by atoms with Gasteiger partial charge in [0.15, 0.2) is 32.2 Å². The van der Waals surface area contributed by atoms with Gasteiger partial charge in [0.05, 0.1) is 12.8 Å². The number of rotatable bonds is 6. The number of benzene rings is 1. The van der Waals surface area contributed by atoms with E-state index in [0.717, 1.165) is 30.6 Å². The summed E-state index contributed by atoms with van der Waals surface area (Å²) in [4.78, 5) is 14.3. The maximum atomic E-state index is 12.6. The van der Waals surface area contributed by atoms with Crippen molar-refractivity contribution in [2.75, 3.05) is 33.1 Å². The van der Waals surface area contributed by atoms with E-state index in [-0.39, 0.29) is 22.6 Å². The number of nitrogens with zero attached hydrogens (tertiary/aromatic N) is 3. The second-order valence-electron chi connectivity index (χ2n) is 6.34. The number of likely N-dealkylation sites (tertiary alicyclic amines) is 1. The first-order valence-electron chi connectivity index (χ1n) is 8.46. The number of sulfone groups is 1. The summed E-state index contributed by atoms with van der Waals surface area (Å²) < 4.78 is 38.6. The molecule has 0 radical (unpaired) electrons. The van der Waals surface area contributed by atoms with Gasteiger partial charge in [-0.15, -0.1) is 5.10 Å². The van der Waals surface area contributed by atoms with E-state index in [2.05, 4.69) is 9.59 Å². The first-order chi connectivity index (χ1) is 12.9. The number of hydrogen-bond donors (Lipinski definition) is 0. The maximum absolute atomic E-state index is 12.6. The van der Waals surface area contributed by atoms with Gasteiger partial charge in [0.1, 0.15) is 0 Å². The molecule has 0 N–H and O–H groups in total. The minimum atomic E-state index is -3.38. The second-order valence-corrected chi connectivity index (χ2v) is 9.30. The van der Waals surface area contributed by atoms with Gasteiger partial charge in [-0.3, -0.25) is 4.79 Å². The van der Waals surface area contributed by atoms with Crippen LogP contribution in [0.3, 0.4) is 0 Å². The molecule has 1 aliphatic heterocycles. The highest BCUT2D eigenvalue weighted by Gasteiger charge is 2.31. The molecule has 1 amide bonds. The molecule has 10 heteroatoms. The Balaban J connectivity index is 1.66. The largest absolute Gasteiger partial charge is 0.493 e. The van der Waals surface area contributed by atoms with Gasteiger partial charge in [-0.2, -0.15) is 0 Å². The van der Waals surface area contributed by atoms with E-state index in [1.165, 1.54) is 0 Å². The molecule has 1 unspecified atom stereocenters. The molecule has 1 atom stereocenters. The Bertz CT molecular complexity index is 913. The average Bonchev–Trinajstić information content (AvgIpc) is 3.17. The Hall–Kier alpha value is -2.20. The van der Waals surface area contributed by atoms with E-state index in [1.54, 1.807) is 30.2 Å². The van der Waals surface area contributed by atoms with Gasteiger partial charge in [0.2, 0.25) is 0 Å². The highest BCUT2D eigenvalue weighted by molar-refractivity contribution is 7.92. The van der Waals surface area contributed by atoms with E-state index in [0.29, 0.717) is 30.3 Å². The van der Waals surface area contributed by atoms with Crippen molar-refractivity contribution in [3.05, 3.63) is 30.0 Å². The van der Waals surface area contributed by atoms with Crippen molar-refractivity contribution in [3.63, 3.8) is 0 Å². The summed E-state index contributed by atoms with van der Waals surface area (Å²) in [6.45, 7) is 0.903. The Labute approximate surface area is 162 Å². The van der Waals surface area contributed by atoms with E-state index < -0.39 is 9.84 Å². The SMILES string of the molecule is COc1ccccc1OCC(=O)N1CCCC(c2nnsc2S(C)(=O)=O)C1. The van der Waals surface area contributed by atoms with Crippen molar-refractivity contribution in [2.24, 2.45) is 0 Å². The summed E-state index contributed by atoms with van der Waals surface area (Å²) in [5, 5.41) is 4.02. The molecule has 3 rings (SSSR count). The van der Waals surface area contributed by atoms with Crippen LogP contribution in [0.1, 0.15) is 24.5 Å². The van der Waals surface area contributed by atoms with Crippen LogP contribution in [0, 0.1) is 0 Å². The van der Waals surface area contributed by atoms with E-state index in [1.807, 2.05) is 6.07 Å². The van der Waals surface area contributed by atoms with Crippen molar-refractivity contribution >= 4 is 27.3 Å². The van der Waals surface area contributed by atoms with Gasteiger partial charge < -0.3 is 14.4 Å². The fourth-order valence-corrected chi connectivity index (χ4v) is 4.82. The standard InChI is InChI=1S/C17H21N3O5S2/c1-24-13-7-3-4-8-14(13)25-11-15(21)20-9-5-6-12(10-20)16-17(26-19-18-16)27(2,22)23/h3-4,7-8,12H,5-6,9-11H2,1-2H3. The third-order valence-corrected chi connectivity index (χ3v) is 6.95. The number of ether oxygens (including phenoxy) is 2. The summed E-state index contributed by atoms with van der Waals surface area (Å²) >= 11 is 0.880. The lowest BCUT2D eigenvalue weighted by Gasteiger charge is -2.32. The number of carbonyl (C=O) groups excluding carboxylic acids is 1. The van der Waals surface area contributed by atoms with Crippen LogP contribution in [0.4, 0.5) is 0 Å². The van der Waals surface area contributed by atoms with Crippen molar-refractivity contribution in [2.45, 2.75) is 23.0 Å². The molecule has 1 saturated heterocycles. The Kier molecular flexibility index (Phi) is 5.95. The molecule has 27 heavy (non-hydrogen) atoms. The van der Waals surface area contributed by atoms with Crippen LogP contribution in [-0.4, -0.2) is 61.9 Å². The third kappa shape index (κ3) is 4.56. The lowest BCUT2D eigenvalue weighted by atomic mass is 9.95. The van der Waals surface area contributed by atoms with E-state index in [4.69, 9.17) is 9.47 Å². The van der Waals surface area contributed by atoms with Gasteiger partial charge in [-0.1, -0.05) is 16.6 Å². The number of methoxy groups -OCH3 is 1. The summed E-state index contributed by atoms with van der Waals surface area (Å²) in [6.07, 6.45) is 2.69. The average molecular weight is 412 g/mol. The fraction of sp³-hybridized carbons (Fsp3) is 0.471. The number of aromatic nitrogens is 2. The van der Waals surface area contributed by atoms with E-state index in [9.17, 15) is 13.2 Å². The molecule has 2 heterocycles. The molecule has 2 aromatic rings. The summed E-state index contributed by atoms with van der Waals surface area (Å²) in [5.74, 6) is 0.769. The zero-order valence-electron chi connectivity index (χ0n) is 15.1. The maximum Gasteiger partial charge on any atom is 0.260 e.